The van der Waals surface area contributed by atoms with Gasteiger partial charge in [0.25, 0.3) is 5.91 Å². The van der Waals surface area contributed by atoms with Gasteiger partial charge in [-0.05, 0) is 19.1 Å². The van der Waals surface area contributed by atoms with Gasteiger partial charge >= 0.3 is 0 Å². The van der Waals surface area contributed by atoms with Crippen LogP contribution in [0.1, 0.15) is 17.3 Å². The van der Waals surface area contributed by atoms with Crippen LogP contribution >= 0.6 is 0 Å². The smallest absolute Gasteiger partial charge is 0.251 e. The molecule has 0 saturated carbocycles. The Bertz CT molecular complexity index is 419. The zero-order valence-electron chi connectivity index (χ0n) is 12.7. The highest BCUT2D eigenvalue weighted by Crippen LogP contribution is 1.99. The summed E-state index contributed by atoms with van der Waals surface area (Å²) in [5.74, 6) is -0.0480. The summed E-state index contributed by atoms with van der Waals surface area (Å²) < 4.78 is 5.75. The van der Waals surface area contributed by atoms with E-state index in [1.165, 1.54) is 0 Å². The highest BCUT2D eigenvalue weighted by atomic mass is 16.5. The number of nitrogens with zero attached hydrogens (tertiary/aromatic N) is 1. The Balaban J connectivity index is 1.59. The molecule has 1 saturated heterocycles. The fraction of sp³-hybridized carbons (Fsp3) is 0.562. The van der Waals surface area contributed by atoms with E-state index >= 15 is 0 Å². The van der Waals surface area contributed by atoms with Crippen molar-refractivity contribution in [1.29, 1.82) is 0 Å². The fourth-order valence-electron chi connectivity index (χ4n) is 2.30. The molecule has 21 heavy (non-hydrogen) atoms. The second kappa shape index (κ2) is 8.77. The van der Waals surface area contributed by atoms with Gasteiger partial charge in [0, 0.05) is 44.8 Å². The maximum atomic E-state index is 11.9. The third kappa shape index (κ3) is 5.83. The molecule has 1 unspecified atom stereocenters. The highest BCUT2D eigenvalue weighted by molar-refractivity contribution is 5.94. The first-order valence-corrected chi connectivity index (χ1v) is 7.63. The molecule has 1 fully saturated rings. The second-order valence-electron chi connectivity index (χ2n) is 5.35. The molecule has 0 aliphatic carbocycles. The van der Waals surface area contributed by atoms with Crippen molar-refractivity contribution in [2.24, 2.45) is 0 Å². The van der Waals surface area contributed by atoms with Gasteiger partial charge in [0.15, 0.2) is 0 Å². The Morgan fingerprint density at radius 1 is 1.33 bits per heavy atom. The molecule has 1 aliphatic rings. The Labute approximate surface area is 126 Å². The van der Waals surface area contributed by atoms with Gasteiger partial charge in [0.05, 0.1) is 12.7 Å². The van der Waals surface area contributed by atoms with E-state index in [9.17, 15) is 4.79 Å². The van der Waals surface area contributed by atoms with E-state index in [0.29, 0.717) is 18.7 Å². The van der Waals surface area contributed by atoms with Crippen molar-refractivity contribution in [3.8, 4) is 0 Å². The van der Waals surface area contributed by atoms with Crippen LogP contribution in [-0.2, 0) is 4.74 Å². The van der Waals surface area contributed by atoms with Crippen molar-refractivity contribution in [2.75, 3.05) is 45.9 Å². The monoisotopic (exact) mass is 291 g/mol. The summed E-state index contributed by atoms with van der Waals surface area (Å²) >= 11 is 0. The number of carbonyl (C=O) groups is 1. The molecular weight excluding hydrogens is 266 g/mol. The van der Waals surface area contributed by atoms with E-state index in [-0.39, 0.29) is 12.0 Å². The molecule has 0 radical (unpaired) electrons. The average Bonchev–Trinajstić information content (AvgIpc) is 2.54. The number of hydrogen-bond donors (Lipinski definition) is 2. The zero-order chi connectivity index (χ0) is 14.9. The van der Waals surface area contributed by atoms with Crippen LogP contribution in [0.4, 0.5) is 0 Å². The minimum absolute atomic E-state index is 0.0283. The molecule has 0 bridgehead atoms. The maximum Gasteiger partial charge on any atom is 0.251 e. The predicted octanol–water partition coefficient (Wildman–Crippen LogP) is 0.727. The lowest BCUT2D eigenvalue weighted by Gasteiger charge is -2.27. The fourth-order valence-corrected chi connectivity index (χ4v) is 2.30. The number of benzene rings is 1. The number of amides is 1. The maximum absolute atomic E-state index is 11.9. The minimum Gasteiger partial charge on any atom is -0.375 e. The molecule has 1 heterocycles. The largest absolute Gasteiger partial charge is 0.375 e. The molecule has 1 aromatic rings. The van der Waals surface area contributed by atoms with Gasteiger partial charge in [0.2, 0.25) is 0 Å². The SMILES string of the molecule is CC(CNC(=O)c1ccccc1)OCCN1CCNCC1. The topological polar surface area (TPSA) is 53.6 Å². The number of hydrogen-bond acceptors (Lipinski definition) is 4. The normalized spacial score (nSPS) is 17.4. The standard InChI is InChI=1S/C16H25N3O2/c1-14(21-12-11-19-9-7-17-8-10-19)13-18-16(20)15-5-3-2-4-6-15/h2-6,14,17H,7-13H2,1H3,(H,18,20). The first-order chi connectivity index (χ1) is 10.3. The number of rotatable bonds is 7. The van der Waals surface area contributed by atoms with Gasteiger partial charge in [0.1, 0.15) is 0 Å². The van der Waals surface area contributed by atoms with Crippen molar-refractivity contribution >= 4 is 5.91 Å². The van der Waals surface area contributed by atoms with E-state index < -0.39 is 0 Å². The molecule has 2 N–H and O–H groups in total. The van der Waals surface area contributed by atoms with Crippen LogP contribution in [0.5, 0.6) is 0 Å². The Morgan fingerprint density at radius 2 is 2.05 bits per heavy atom. The number of nitrogens with one attached hydrogen (secondary N) is 2. The van der Waals surface area contributed by atoms with Crippen molar-refractivity contribution < 1.29 is 9.53 Å². The van der Waals surface area contributed by atoms with Gasteiger partial charge in [-0.3, -0.25) is 9.69 Å². The molecule has 1 atom stereocenters. The molecule has 2 rings (SSSR count). The minimum atomic E-state index is -0.0480. The van der Waals surface area contributed by atoms with E-state index in [0.717, 1.165) is 32.7 Å². The van der Waals surface area contributed by atoms with Crippen molar-refractivity contribution in [1.82, 2.24) is 15.5 Å². The Hall–Kier alpha value is -1.43. The van der Waals surface area contributed by atoms with E-state index in [1.807, 2.05) is 37.3 Å². The van der Waals surface area contributed by atoms with Gasteiger partial charge in [-0.1, -0.05) is 18.2 Å². The van der Waals surface area contributed by atoms with E-state index in [2.05, 4.69) is 15.5 Å². The van der Waals surface area contributed by atoms with Crippen LogP contribution in [0.25, 0.3) is 0 Å². The molecule has 1 amide bonds. The lowest BCUT2D eigenvalue weighted by atomic mass is 10.2. The van der Waals surface area contributed by atoms with Crippen LogP contribution in [-0.4, -0.2) is 62.8 Å². The van der Waals surface area contributed by atoms with Gasteiger partial charge in [-0.2, -0.15) is 0 Å². The van der Waals surface area contributed by atoms with Crippen molar-refractivity contribution in [2.45, 2.75) is 13.0 Å². The van der Waals surface area contributed by atoms with Crippen LogP contribution in [0, 0.1) is 0 Å². The summed E-state index contributed by atoms with van der Waals surface area (Å²) in [6.07, 6.45) is 0.0283. The summed E-state index contributed by atoms with van der Waals surface area (Å²) in [6, 6.07) is 9.25. The highest BCUT2D eigenvalue weighted by Gasteiger charge is 2.11. The van der Waals surface area contributed by atoms with Gasteiger partial charge in [-0.25, -0.2) is 0 Å². The third-order valence-electron chi connectivity index (χ3n) is 3.61. The summed E-state index contributed by atoms with van der Waals surface area (Å²) in [4.78, 5) is 14.3. The third-order valence-corrected chi connectivity index (χ3v) is 3.61. The summed E-state index contributed by atoms with van der Waals surface area (Å²) in [5.41, 5.74) is 0.686. The zero-order valence-corrected chi connectivity index (χ0v) is 12.7. The predicted molar refractivity (Wildman–Crippen MR) is 83.5 cm³/mol. The van der Waals surface area contributed by atoms with Crippen molar-refractivity contribution in [3.63, 3.8) is 0 Å². The molecular formula is C16H25N3O2. The van der Waals surface area contributed by atoms with E-state index in [1.54, 1.807) is 0 Å². The van der Waals surface area contributed by atoms with Crippen LogP contribution in [0.2, 0.25) is 0 Å². The first-order valence-electron chi connectivity index (χ1n) is 7.63. The summed E-state index contributed by atoms with van der Waals surface area (Å²) in [7, 11) is 0. The summed E-state index contributed by atoms with van der Waals surface area (Å²) in [6.45, 7) is 8.48. The van der Waals surface area contributed by atoms with Crippen molar-refractivity contribution in [3.05, 3.63) is 35.9 Å². The van der Waals surface area contributed by atoms with E-state index in [4.69, 9.17) is 4.74 Å². The van der Waals surface area contributed by atoms with Crippen LogP contribution < -0.4 is 10.6 Å². The van der Waals surface area contributed by atoms with Crippen LogP contribution in [0.3, 0.4) is 0 Å². The number of ether oxygens (including phenoxy) is 1. The molecule has 5 heteroatoms. The molecule has 1 aliphatic heterocycles. The molecule has 5 nitrogen and oxygen atoms in total. The van der Waals surface area contributed by atoms with Crippen LogP contribution in [0.15, 0.2) is 30.3 Å². The Kier molecular flexibility index (Phi) is 6.66. The quantitative estimate of drug-likeness (QED) is 0.777. The number of piperazine rings is 1. The molecule has 0 spiro atoms. The summed E-state index contributed by atoms with van der Waals surface area (Å²) in [5, 5.41) is 6.23. The lowest BCUT2D eigenvalue weighted by molar-refractivity contribution is 0.0449. The average molecular weight is 291 g/mol. The first kappa shape index (κ1) is 15.9. The number of carbonyl (C=O) groups excluding carboxylic acids is 1. The molecule has 1 aromatic carbocycles. The molecule has 0 aromatic heterocycles. The van der Waals surface area contributed by atoms with Gasteiger partial charge < -0.3 is 15.4 Å². The van der Waals surface area contributed by atoms with Gasteiger partial charge in [-0.15, -0.1) is 0 Å². The second-order valence-corrected chi connectivity index (χ2v) is 5.35. The molecule has 116 valence electrons. The lowest BCUT2D eigenvalue weighted by Crippen LogP contribution is -2.45. The Morgan fingerprint density at radius 3 is 2.76 bits per heavy atom.